The third-order valence-electron chi connectivity index (χ3n) is 0.203. The fourth-order valence-corrected chi connectivity index (χ4v) is 0.680. The van der Waals surface area contributed by atoms with E-state index < -0.39 is 8.43 Å². The Bertz CT molecular complexity index is 44.0. The summed E-state index contributed by atoms with van der Waals surface area (Å²) in [5, 5.41) is 0. The molecule has 1 heterocycles. The zero-order chi connectivity index (χ0) is 2.99. The van der Waals surface area contributed by atoms with E-state index in [-0.39, 0.29) is 0 Å². The van der Waals surface area contributed by atoms with Crippen molar-refractivity contribution in [1.82, 2.24) is 0 Å². The lowest BCUT2D eigenvalue weighted by Crippen LogP contribution is -1.61. The third-order valence-corrected chi connectivity index (χ3v) is 1.13. The first-order valence-electron chi connectivity index (χ1n) is 0.935. The van der Waals surface area contributed by atoms with Gasteiger partial charge in [-0.2, -0.15) is 9.56 Å². The summed E-state index contributed by atoms with van der Waals surface area (Å²) in [6.45, 7) is 0. The van der Waals surface area contributed by atoms with Gasteiger partial charge in [-0.25, -0.2) is 0 Å². The van der Waals surface area contributed by atoms with Crippen LogP contribution in [0.4, 0.5) is 0 Å². The first-order chi connectivity index (χ1) is 1.89. The zero-order valence-electron chi connectivity index (χ0n) is 1.85. The molecule has 22 valence electrons. The van der Waals surface area contributed by atoms with E-state index in [2.05, 4.69) is 9.56 Å². The molecule has 0 aromatic carbocycles. The molecule has 1 aliphatic heterocycles. The molecule has 0 aromatic rings. The average molecular weight is 92.6 g/mol. The maximum atomic E-state index is 5.19. The number of halogens is 1. The highest BCUT2D eigenvalue weighted by Crippen LogP contribution is 2.06. The molecule has 0 saturated heterocycles. The molecule has 0 aliphatic carbocycles. The van der Waals surface area contributed by atoms with Crippen LogP contribution >= 0.6 is 11.1 Å². The standard InChI is InChI=1S/ClHN2Si/c1-4-2-3-4/h4H. The molecule has 0 radical (unpaired) electrons. The summed E-state index contributed by atoms with van der Waals surface area (Å²) in [4.78, 5) is 0. The second-order valence-electron chi connectivity index (χ2n) is 0.542. The van der Waals surface area contributed by atoms with Gasteiger partial charge in [-0.05, 0) is 0 Å². The van der Waals surface area contributed by atoms with Gasteiger partial charge in [-0.1, -0.05) is 0 Å². The van der Waals surface area contributed by atoms with Crippen LogP contribution in [0.1, 0.15) is 0 Å². The monoisotopic (exact) mass is 92.0 g/mol. The minimum absolute atomic E-state index is 1.17. The molecule has 0 unspecified atom stereocenters. The van der Waals surface area contributed by atoms with Gasteiger partial charge in [0.25, 0.3) is 0 Å². The number of rotatable bonds is 0. The van der Waals surface area contributed by atoms with Gasteiger partial charge < -0.3 is 0 Å². The van der Waals surface area contributed by atoms with Crippen LogP contribution in [-0.2, 0) is 0 Å². The van der Waals surface area contributed by atoms with Gasteiger partial charge in [0.2, 0.25) is 0 Å². The molecule has 4 heteroatoms. The van der Waals surface area contributed by atoms with E-state index in [1.807, 2.05) is 0 Å². The molecule has 4 heavy (non-hydrogen) atoms. The highest BCUT2D eigenvalue weighted by Gasteiger charge is 2.12. The van der Waals surface area contributed by atoms with E-state index in [0.29, 0.717) is 0 Å². The van der Waals surface area contributed by atoms with Crippen LogP contribution in [0.2, 0.25) is 0 Å². The van der Waals surface area contributed by atoms with E-state index in [9.17, 15) is 0 Å². The summed E-state index contributed by atoms with van der Waals surface area (Å²) < 4.78 is 6.86. The quantitative estimate of drug-likeness (QED) is 0.305. The Morgan fingerprint density at radius 3 is 1.75 bits per heavy atom. The minimum atomic E-state index is -1.17. The second kappa shape index (κ2) is 0.529. The van der Waals surface area contributed by atoms with Crippen molar-refractivity contribution in [3.05, 3.63) is 0 Å². The van der Waals surface area contributed by atoms with Gasteiger partial charge in [0, 0.05) is 0 Å². The van der Waals surface area contributed by atoms with Crippen LogP contribution in [-0.4, -0.2) is 8.43 Å². The summed E-state index contributed by atoms with van der Waals surface area (Å²) in [6, 6.07) is 0. The van der Waals surface area contributed by atoms with Gasteiger partial charge >= 0.3 is 8.43 Å². The molecule has 0 amide bonds. The summed E-state index contributed by atoms with van der Waals surface area (Å²) in [5.74, 6) is 0. The molecule has 1 rings (SSSR count). The topological polar surface area (TPSA) is 24.7 Å². The van der Waals surface area contributed by atoms with Crippen LogP contribution < -0.4 is 0 Å². The number of hydrogen-bond donors (Lipinski definition) is 0. The molecular weight excluding hydrogens is 91.6 g/mol. The van der Waals surface area contributed by atoms with Crippen molar-refractivity contribution in [2.75, 3.05) is 0 Å². The number of hydrogen-bond acceptors (Lipinski definition) is 2. The van der Waals surface area contributed by atoms with Crippen LogP contribution in [0.25, 0.3) is 0 Å². The maximum Gasteiger partial charge on any atom is 0.425 e. The summed E-state index contributed by atoms with van der Waals surface area (Å²) in [6.07, 6.45) is 0. The summed E-state index contributed by atoms with van der Waals surface area (Å²) in [5.41, 5.74) is 0. The van der Waals surface area contributed by atoms with E-state index in [1.54, 1.807) is 0 Å². The van der Waals surface area contributed by atoms with Gasteiger partial charge in [-0.15, -0.1) is 11.1 Å². The Morgan fingerprint density at radius 2 is 1.75 bits per heavy atom. The Hall–Kier alpha value is 0.107. The molecule has 1 aliphatic rings. The lowest BCUT2D eigenvalue weighted by Gasteiger charge is -1.40. The lowest BCUT2D eigenvalue weighted by molar-refractivity contribution is 1.72. The fourth-order valence-electron chi connectivity index (χ4n) is 0.0252. The SMILES string of the molecule is Cl[SiH]1N=N1. The largest absolute Gasteiger partial charge is 0.425 e. The van der Waals surface area contributed by atoms with Gasteiger partial charge in [-0.3, -0.25) is 0 Å². The predicted molar refractivity (Wildman–Crippen MR) is 17.9 cm³/mol. The third kappa shape index (κ3) is 0.267. The summed E-state index contributed by atoms with van der Waals surface area (Å²) in [7, 11) is -1.17. The second-order valence-corrected chi connectivity index (χ2v) is 2.80. The normalized spacial score (nSPS) is 22.2. The van der Waals surface area contributed by atoms with Crippen molar-refractivity contribution in [2.24, 2.45) is 9.56 Å². The van der Waals surface area contributed by atoms with Crippen molar-refractivity contribution < 1.29 is 0 Å². The van der Waals surface area contributed by atoms with Crippen LogP contribution in [0.5, 0.6) is 0 Å². The highest BCUT2D eigenvalue weighted by atomic mass is 35.6. The van der Waals surface area contributed by atoms with Gasteiger partial charge in [0.1, 0.15) is 0 Å². The van der Waals surface area contributed by atoms with E-state index in [4.69, 9.17) is 11.1 Å². The molecular formula is HClN2Si. The highest BCUT2D eigenvalue weighted by molar-refractivity contribution is 7.08. The maximum absolute atomic E-state index is 5.19. The van der Waals surface area contributed by atoms with Gasteiger partial charge in [0.05, 0.1) is 0 Å². The summed E-state index contributed by atoms with van der Waals surface area (Å²) >= 11 is 5.19. The molecule has 0 atom stereocenters. The van der Waals surface area contributed by atoms with E-state index in [1.165, 1.54) is 0 Å². The number of nitrogens with zero attached hydrogens (tertiary/aromatic N) is 2. The van der Waals surface area contributed by atoms with Crippen molar-refractivity contribution >= 4 is 19.5 Å². The van der Waals surface area contributed by atoms with Crippen LogP contribution in [0, 0.1) is 0 Å². The smallest absolute Gasteiger partial charge is 0.199 e. The van der Waals surface area contributed by atoms with Crippen molar-refractivity contribution in [2.45, 2.75) is 0 Å². The molecule has 0 N–H and O–H groups in total. The molecule has 0 saturated carbocycles. The Balaban J connectivity index is 2.32. The van der Waals surface area contributed by atoms with Crippen molar-refractivity contribution in [3.63, 3.8) is 0 Å². The zero-order valence-corrected chi connectivity index (χ0v) is 3.76. The van der Waals surface area contributed by atoms with Crippen LogP contribution in [0.3, 0.4) is 0 Å². The molecule has 0 bridgehead atoms. The average Bonchev–Trinajstić information content (AvgIpc) is 1.75. The van der Waals surface area contributed by atoms with Crippen molar-refractivity contribution in [1.29, 1.82) is 0 Å². The molecule has 0 fully saturated rings. The molecule has 0 spiro atoms. The lowest BCUT2D eigenvalue weighted by atomic mass is 13.3. The van der Waals surface area contributed by atoms with E-state index in [0.717, 1.165) is 0 Å². The Morgan fingerprint density at radius 1 is 1.50 bits per heavy atom. The van der Waals surface area contributed by atoms with Crippen LogP contribution in [0.15, 0.2) is 9.56 Å². The minimum Gasteiger partial charge on any atom is -0.199 e. The van der Waals surface area contributed by atoms with E-state index >= 15 is 0 Å². The fraction of sp³-hybridized carbons (Fsp3) is 0. The van der Waals surface area contributed by atoms with Crippen molar-refractivity contribution in [3.8, 4) is 0 Å². The first kappa shape index (κ1) is 2.35. The Labute approximate surface area is 30.0 Å². The Kier molecular flexibility index (Phi) is 0.311. The molecule has 2 nitrogen and oxygen atoms in total. The van der Waals surface area contributed by atoms with Gasteiger partial charge in [0.15, 0.2) is 0 Å². The predicted octanol–water partition coefficient (Wildman–Crippen LogP) is 0.408. The first-order valence-corrected chi connectivity index (χ1v) is 3.71. The molecule has 0 aromatic heterocycles.